The number of fused-ring (bicyclic) bond motifs is 1. The number of ether oxygens (including phenoxy) is 1. The predicted molar refractivity (Wildman–Crippen MR) is 76.3 cm³/mol. The van der Waals surface area contributed by atoms with E-state index in [0.29, 0.717) is 6.54 Å². The third-order valence-corrected chi connectivity index (χ3v) is 4.21. The molecule has 0 radical (unpaired) electrons. The highest BCUT2D eigenvalue weighted by molar-refractivity contribution is 5.60. The van der Waals surface area contributed by atoms with Gasteiger partial charge < -0.3 is 15.4 Å². The lowest BCUT2D eigenvalue weighted by Gasteiger charge is -2.43. The van der Waals surface area contributed by atoms with Gasteiger partial charge in [-0.2, -0.15) is 0 Å². The Morgan fingerprint density at radius 3 is 2.67 bits per heavy atom. The lowest BCUT2D eigenvalue weighted by Crippen LogP contribution is -2.53. The predicted octanol–water partition coefficient (Wildman–Crippen LogP) is 2.79. The van der Waals surface area contributed by atoms with Gasteiger partial charge >= 0.3 is 0 Å². The van der Waals surface area contributed by atoms with Gasteiger partial charge in [0.05, 0.1) is 17.8 Å². The molecule has 0 saturated carbocycles. The van der Waals surface area contributed by atoms with Gasteiger partial charge in [-0.25, -0.2) is 0 Å². The summed E-state index contributed by atoms with van der Waals surface area (Å²) in [5.74, 6) is 0.995. The first-order valence-corrected chi connectivity index (χ1v) is 6.97. The maximum Gasteiger partial charge on any atom is 0.142 e. The largest absolute Gasteiger partial charge is 0.491 e. The summed E-state index contributed by atoms with van der Waals surface area (Å²) in [6.07, 6.45) is 3.18. The van der Waals surface area contributed by atoms with Gasteiger partial charge in [-0.05, 0) is 31.4 Å². The molecule has 100 valence electrons. The number of nitrogens with zero attached hydrogens (tertiary/aromatic N) is 1. The molecule has 3 nitrogen and oxygen atoms in total. The van der Waals surface area contributed by atoms with Crippen molar-refractivity contribution in [1.82, 2.24) is 0 Å². The van der Waals surface area contributed by atoms with Crippen LogP contribution in [0.3, 0.4) is 0 Å². The van der Waals surface area contributed by atoms with Crippen LogP contribution in [-0.4, -0.2) is 25.2 Å². The zero-order valence-electron chi connectivity index (χ0n) is 11.5. The summed E-state index contributed by atoms with van der Waals surface area (Å²) in [6.45, 7) is 6.96. The normalized spacial score (nSPS) is 15.8. The molecule has 3 heteroatoms. The van der Waals surface area contributed by atoms with Crippen LogP contribution in [0.1, 0.15) is 33.1 Å². The summed E-state index contributed by atoms with van der Waals surface area (Å²) >= 11 is 0. The second-order valence-electron chi connectivity index (χ2n) is 4.96. The van der Waals surface area contributed by atoms with Gasteiger partial charge in [-0.1, -0.05) is 26.0 Å². The molecule has 2 N–H and O–H groups in total. The lowest BCUT2D eigenvalue weighted by atomic mass is 9.89. The Kier molecular flexibility index (Phi) is 4.12. The molecule has 0 unspecified atom stereocenters. The summed E-state index contributed by atoms with van der Waals surface area (Å²) in [7, 11) is 0. The molecule has 1 aliphatic heterocycles. The van der Waals surface area contributed by atoms with Crippen molar-refractivity contribution in [2.45, 2.75) is 38.6 Å². The number of para-hydroxylation sites is 2. The molecule has 1 aromatic rings. The number of hydrogen-bond donors (Lipinski definition) is 1. The van der Waals surface area contributed by atoms with Crippen LogP contribution in [0.2, 0.25) is 0 Å². The smallest absolute Gasteiger partial charge is 0.142 e. The molecule has 1 aliphatic rings. The fourth-order valence-electron chi connectivity index (χ4n) is 2.85. The molecule has 1 aromatic carbocycles. The molecule has 18 heavy (non-hydrogen) atoms. The maximum atomic E-state index is 6.09. The second kappa shape index (κ2) is 5.61. The first kappa shape index (κ1) is 13.2. The highest BCUT2D eigenvalue weighted by Crippen LogP contribution is 2.37. The minimum absolute atomic E-state index is 0.0593. The zero-order chi connectivity index (χ0) is 13.0. The number of nitrogens with two attached hydrogens (primary N) is 1. The molecule has 0 amide bonds. The first-order valence-electron chi connectivity index (χ1n) is 6.97. The van der Waals surface area contributed by atoms with E-state index in [1.165, 1.54) is 5.69 Å². The van der Waals surface area contributed by atoms with Gasteiger partial charge in [0.2, 0.25) is 0 Å². The highest BCUT2D eigenvalue weighted by Gasteiger charge is 2.34. The van der Waals surface area contributed by atoms with Crippen molar-refractivity contribution in [3.8, 4) is 5.75 Å². The van der Waals surface area contributed by atoms with E-state index < -0.39 is 0 Å². The minimum Gasteiger partial charge on any atom is -0.491 e. The molecule has 0 fully saturated rings. The standard InChI is InChI=1S/C15H24N2O/c1-3-15(4-2,12-16)17-10-7-11-18-14-9-6-5-8-13(14)17/h5-6,8-9H,3-4,7,10-12,16H2,1-2H3. The molecule has 0 spiro atoms. The lowest BCUT2D eigenvalue weighted by molar-refractivity contribution is 0.319. The van der Waals surface area contributed by atoms with E-state index in [-0.39, 0.29) is 5.54 Å². The number of hydrogen-bond acceptors (Lipinski definition) is 3. The molecule has 0 aromatic heterocycles. The van der Waals surface area contributed by atoms with Crippen molar-refractivity contribution in [2.75, 3.05) is 24.6 Å². The van der Waals surface area contributed by atoms with Crippen LogP contribution < -0.4 is 15.4 Å². The Morgan fingerprint density at radius 1 is 1.28 bits per heavy atom. The zero-order valence-corrected chi connectivity index (χ0v) is 11.5. The van der Waals surface area contributed by atoms with Crippen molar-refractivity contribution < 1.29 is 4.74 Å². The summed E-state index contributed by atoms with van der Waals surface area (Å²) in [5.41, 5.74) is 7.34. The van der Waals surface area contributed by atoms with Crippen LogP contribution in [0.25, 0.3) is 0 Å². The van der Waals surface area contributed by atoms with Crippen molar-refractivity contribution in [1.29, 1.82) is 0 Å². The van der Waals surface area contributed by atoms with E-state index in [9.17, 15) is 0 Å². The van der Waals surface area contributed by atoms with E-state index in [2.05, 4.69) is 36.9 Å². The van der Waals surface area contributed by atoms with Crippen molar-refractivity contribution in [3.63, 3.8) is 0 Å². The summed E-state index contributed by atoms with van der Waals surface area (Å²) in [4.78, 5) is 2.47. The van der Waals surface area contributed by atoms with E-state index in [4.69, 9.17) is 10.5 Å². The van der Waals surface area contributed by atoms with Crippen LogP contribution >= 0.6 is 0 Å². The van der Waals surface area contributed by atoms with Gasteiger partial charge in [0.25, 0.3) is 0 Å². The van der Waals surface area contributed by atoms with Gasteiger partial charge in [0.1, 0.15) is 5.75 Å². The number of rotatable bonds is 4. The fraction of sp³-hybridized carbons (Fsp3) is 0.600. The summed E-state index contributed by atoms with van der Waals surface area (Å²) in [5, 5.41) is 0. The maximum absolute atomic E-state index is 6.09. The van der Waals surface area contributed by atoms with E-state index in [0.717, 1.165) is 38.2 Å². The fourth-order valence-corrected chi connectivity index (χ4v) is 2.85. The molecule has 0 bridgehead atoms. The monoisotopic (exact) mass is 248 g/mol. The Morgan fingerprint density at radius 2 is 2.00 bits per heavy atom. The second-order valence-corrected chi connectivity index (χ2v) is 4.96. The van der Waals surface area contributed by atoms with Gasteiger partial charge in [-0.15, -0.1) is 0 Å². The Bertz CT molecular complexity index is 380. The van der Waals surface area contributed by atoms with Crippen molar-refractivity contribution in [2.24, 2.45) is 5.73 Å². The van der Waals surface area contributed by atoms with Crippen LogP contribution in [0, 0.1) is 0 Å². The minimum atomic E-state index is 0.0593. The molecule has 2 rings (SSSR count). The molecule has 1 heterocycles. The molecule has 0 saturated heterocycles. The third kappa shape index (κ3) is 2.19. The van der Waals surface area contributed by atoms with Crippen molar-refractivity contribution in [3.05, 3.63) is 24.3 Å². The summed E-state index contributed by atoms with van der Waals surface area (Å²) < 4.78 is 5.82. The van der Waals surface area contributed by atoms with E-state index in [1.807, 2.05) is 6.07 Å². The molecule has 0 atom stereocenters. The van der Waals surface area contributed by atoms with Crippen LogP contribution in [0.4, 0.5) is 5.69 Å². The average molecular weight is 248 g/mol. The Hall–Kier alpha value is -1.22. The molecule has 0 aliphatic carbocycles. The molecular weight excluding hydrogens is 224 g/mol. The highest BCUT2D eigenvalue weighted by atomic mass is 16.5. The van der Waals surface area contributed by atoms with Crippen LogP contribution in [-0.2, 0) is 0 Å². The van der Waals surface area contributed by atoms with Gasteiger partial charge in [-0.3, -0.25) is 0 Å². The van der Waals surface area contributed by atoms with E-state index in [1.54, 1.807) is 0 Å². The molecular formula is C15H24N2O. The Balaban J connectivity index is 2.43. The first-order chi connectivity index (χ1) is 8.77. The number of anilines is 1. The van der Waals surface area contributed by atoms with Crippen molar-refractivity contribution >= 4 is 5.69 Å². The quantitative estimate of drug-likeness (QED) is 0.890. The number of benzene rings is 1. The topological polar surface area (TPSA) is 38.5 Å². The Labute approximate surface area is 110 Å². The average Bonchev–Trinajstić information content (AvgIpc) is 2.65. The van der Waals surface area contributed by atoms with E-state index >= 15 is 0 Å². The van der Waals surface area contributed by atoms with Gasteiger partial charge in [0.15, 0.2) is 0 Å². The third-order valence-electron chi connectivity index (χ3n) is 4.21. The summed E-state index contributed by atoms with van der Waals surface area (Å²) in [6, 6.07) is 8.31. The van der Waals surface area contributed by atoms with Crippen LogP contribution in [0.15, 0.2) is 24.3 Å². The van der Waals surface area contributed by atoms with Crippen LogP contribution in [0.5, 0.6) is 5.75 Å². The SMILES string of the molecule is CCC(CC)(CN)N1CCCOc2ccccc21. The van der Waals surface area contributed by atoms with Gasteiger partial charge in [0, 0.05) is 13.1 Å².